The first-order chi connectivity index (χ1) is 8.09. The molecule has 1 aliphatic carbocycles. The van der Waals surface area contributed by atoms with Crippen LogP contribution in [0, 0.1) is 11.8 Å². The number of benzene rings is 1. The molecule has 0 amide bonds. The maximum atomic E-state index is 10.9. The number of rotatable bonds is 5. The van der Waals surface area contributed by atoms with Crippen LogP contribution in [0.2, 0.25) is 0 Å². The zero-order chi connectivity index (χ0) is 12.5. The summed E-state index contributed by atoms with van der Waals surface area (Å²) in [6, 6.07) is 9.43. The molecule has 0 aromatic heterocycles. The molecule has 90 valence electrons. The average molecular weight is 234 g/mol. The van der Waals surface area contributed by atoms with Crippen LogP contribution >= 0.6 is 0 Å². The molecule has 4 heteroatoms. The van der Waals surface area contributed by atoms with Gasteiger partial charge in [0.1, 0.15) is 6.29 Å². The number of carbonyl (C=O) groups excluding carboxylic acids is 2. The maximum absolute atomic E-state index is 10.9. The second-order valence-corrected chi connectivity index (χ2v) is 4.51. The van der Waals surface area contributed by atoms with Gasteiger partial charge in [0.2, 0.25) is 5.79 Å². The summed E-state index contributed by atoms with van der Waals surface area (Å²) in [5.41, 5.74) is 0.997. The second kappa shape index (κ2) is 4.39. The molecule has 0 saturated heterocycles. The molecule has 1 fully saturated rings. The highest BCUT2D eigenvalue weighted by Gasteiger charge is 2.53. The van der Waals surface area contributed by atoms with Crippen LogP contribution in [0.25, 0.3) is 0 Å². The lowest BCUT2D eigenvalue weighted by Gasteiger charge is -2.13. The number of carbonyl (C=O) groups is 2. The van der Waals surface area contributed by atoms with Crippen LogP contribution in [0.5, 0.6) is 0 Å². The summed E-state index contributed by atoms with van der Waals surface area (Å²) in [7, 11) is 0. The smallest absolute Gasteiger partial charge is 0.221 e. The Bertz CT molecular complexity index is 413. The van der Waals surface area contributed by atoms with E-state index in [9.17, 15) is 19.8 Å². The van der Waals surface area contributed by atoms with E-state index in [0.717, 1.165) is 11.8 Å². The number of hydrogen-bond acceptors (Lipinski definition) is 4. The summed E-state index contributed by atoms with van der Waals surface area (Å²) in [6.07, 6.45) is 0.831. The Morgan fingerprint density at radius 3 is 2.35 bits per heavy atom. The van der Waals surface area contributed by atoms with Gasteiger partial charge in [-0.3, -0.25) is 4.79 Å². The molecule has 4 nitrogen and oxygen atoms in total. The van der Waals surface area contributed by atoms with E-state index in [1.165, 1.54) is 0 Å². The molecule has 0 heterocycles. The Kier molecular flexibility index (Phi) is 3.09. The molecule has 0 spiro atoms. The Balaban J connectivity index is 2.11. The van der Waals surface area contributed by atoms with Crippen molar-refractivity contribution in [3.8, 4) is 0 Å². The molecular weight excluding hydrogens is 220 g/mol. The summed E-state index contributed by atoms with van der Waals surface area (Å²) in [5, 5.41) is 18.6. The Morgan fingerprint density at radius 1 is 1.18 bits per heavy atom. The molecule has 3 atom stereocenters. The van der Waals surface area contributed by atoms with Gasteiger partial charge in [-0.1, -0.05) is 30.3 Å². The van der Waals surface area contributed by atoms with Gasteiger partial charge in [-0.15, -0.1) is 0 Å². The second-order valence-electron chi connectivity index (χ2n) is 4.51. The number of aldehydes is 2. The van der Waals surface area contributed by atoms with Gasteiger partial charge in [0.15, 0.2) is 6.29 Å². The zero-order valence-electron chi connectivity index (χ0n) is 9.19. The van der Waals surface area contributed by atoms with Crippen molar-refractivity contribution in [2.24, 2.45) is 11.8 Å². The summed E-state index contributed by atoms with van der Waals surface area (Å²) in [6.45, 7) is 0. The van der Waals surface area contributed by atoms with E-state index >= 15 is 0 Å². The third-order valence-corrected chi connectivity index (χ3v) is 3.30. The van der Waals surface area contributed by atoms with Gasteiger partial charge in [0.25, 0.3) is 0 Å². The molecule has 17 heavy (non-hydrogen) atoms. The largest absolute Gasteiger partial charge is 0.360 e. The van der Waals surface area contributed by atoms with Crippen LogP contribution in [0.15, 0.2) is 30.3 Å². The van der Waals surface area contributed by atoms with Crippen LogP contribution < -0.4 is 0 Å². The number of hydrogen-bond donors (Lipinski definition) is 2. The van der Waals surface area contributed by atoms with Crippen LogP contribution in [0.3, 0.4) is 0 Å². The van der Waals surface area contributed by atoms with Gasteiger partial charge in [-0.25, -0.2) is 0 Å². The van der Waals surface area contributed by atoms with E-state index in [1.54, 1.807) is 0 Å². The fourth-order valence-electron chi connectivity index (χ4n) is 2.39. The Hall–Kier alpha value is -1.52. The predicted octanol–water partition coefficient (Wildman–Crippen LogP) is 0.485. The predicted molar refractivity (Wildman–Crippen MR) is 60.1 cm³/mol. The molecule has 0 radical (unpaired) electrons. The first kappa shape index (κ1) is 12.0. The third-order valence-electron chi connectivity index (χ3n) is 3.30. The van der Waals surface area contributed by atoms with E-state index in [0.29, 0.717) is 0 Å². The minimum Gasteiger partial charge on any atom is -0.360 e. The molecule has 2 rings (SSSR count). The zero-order valence-corrected chi connectivity index (χ0v) is 9.19. The summed E-state index contributed by atoms with van der Waals surface area (Å²) in [4.78, 5) is 21.3. The molecule has 1 aromatic rings. The fraction of sp³-hybridized carbons (Fsp3) is 0.385. The first-order valence-corrected chi connectivity index (χ1v) is 5.50. The van der Waals surface area contributed by atoms with Crippen molar-refractivity contribution in [2.75, 3.05) is 0 Å². The average Bonchev–Trinajstić information content (AvgIpc) is 3.02. The van der Waals surface area contributed by atoms with Crippen molar-refractivity contribution >= 4 is 12.6 Å². The van der Waals surface area contributed by atoms with Crippen LogP contribution in [0.1, 0.15) is 17.9 Å². The van der Waals surface area contributed by atoms with Crippen LogP contribution in [-0.2, 0) is 9.59 Å². The van der Waals surface area contributed by atoms with Gasteiger partial charge >= 0.3 is 0 Å². The van der Waals surface area contributed by atoms with Crippen LogP contribution in [0.4, 0.5) is 0 Å². The van der Waals surface area contributed by atoms with E-state index in [-0.39, 0.29) is 30.5 Å². The molecule has 0 bridgehead atoms. The first-order valence-electron chi connectivity index (χ1n) is 5.50. The van der Waals surface area contributed by atoms with Crippen molar-refractivity contribution in [3.05, 3.63) is 35.9 Å². The fourth-order valence-corrected chi connectivity index (χ4v) is 2.39. The lowest BCUT2D eigenvalue weighted by Crippen LogP contribution is -2.30. The van der Waals surface area contributed by atoms with Gasteiger partial charge in [0, 0.05) is 12.3 Å². The summed E-state index contributed by atoms with van der Waals surface area (Å²) in [5.74, 6) is -2.73. The van der Waals surface area contributed by atoms with Gasteiger partial charge in [-0.05, 0) is 17.4 Å². The monoisotopic (exact) mass is 234 g/mol. The minimum absolute atomic E-state index is 0.00711. The lowest BCUT2D eigenvalue weighted by molar-refractivity contribution is -0.173. The van der Waals surface area contributed by atoms with Gasteiger partial charge in [0.05, 0.1) is 0 Å². The minimum atomic E-state index is -2.32. The van der Waals surface area contributed by atoms with Crippen molar-refractivity contribution in [1.29, 1.82) is 0 Å². The molecule has 2 N–H and O–H groups in total. The van der Waals surface area contributed by atoms with Crippen molar-refractivity contribution < 1.29 is 19.8 Å². The standard InChI is InChI=1S/C13H14O4/c14-7-11-10(6-13(16,17)8-15)12(11)9-4-2-1-3-5-9/h1-5,7-8,10-12,16-17H,6H2. The highest BCUT2D eigenvalue weighted by molar-refractivity contribution is 5.65. The molecule has 1 aliphatic rings. The van der Waals surface area contributed by atoms with Gasteiger partial charge < -0.3 is 15.0 Å². The maximum Gasteiger partial charge on any atom is 0.221 e. The van der Waals surface area contributed by atoms with E-state index in [1.807, 2.05) is 30.3 Å². The Morgan fingerprint density at radius 2 is 1.82 bits per heavy atom. The highest BCUT2D eigenvalue weighted by Crippen LogP contribution is 2.55. The van der Waals surface area contributed by atoms with E-state index < -0.39 is 5.79 Å². The molecular formula is C13H14O4. The number of aliphatic hydroxyl groups is 2. The lowest BCUT2D eigenvalue weighted by atomic mass is 10.1. The SMILES string of the molecule is O=CC1C(CC(O)(O)C=O)C1c1ccccc1. The Labute approximate surface area is 98.9 Å². The van der Waals surface area contributed by atoms with Crippen molar-refractivity contribution in [2.45, 2.75) is 18.1 Å². The molecule has 0 aliphatic heterocycles. The third kappa shape index (κ3) is 2.43. The van der Waals surface area contributed by atoms with E-state index in [2.05, 4.69) is 0 Å². The summed E-state index contributed by atoms with van der Waals surface area (Å²) < 4.78 is 0. The van der Waals surface area contributed by atoms with Gasteiger partial charge in [-0.2, -0.15) is 0 Å². The molecule has 1 aromatic carbocycles. The van der Waals surface area contributed by atoms with Crippen molar-refractivity contribution in [3.63, 3.8) is 0 Å². The molecule has 3 unspecified atom stereocenters. The highest BCUT2D eigenvalue weighted by atomic mass is 16.5. The normalized spacial score (nSPS) is 27.5. The van der Waals surface area contributed by atoms with Crippen molar-refractivity contribution in [1.82, 2.24) is 0 Å². The molecule has 1 saturated carbocycles. The van der Waals surface area contributed by atoms with Crippen LogP contribution in [-0.4, -0.2) is 28.6 Å². The summed E-state index contributed by atoms with van der Waals surface area (Å²) >= 11 is 0. The topological polar surface area (TPSA) is 74.6 Å². The quantitative estimate of drug-likeness (QED) is 0.574. The van der Waals surface area contributed by atoms with E-state index in [4.69, 9.17) is 0 Å².